The van der Waals surface area contributed by atoms with E-state index in [0.717, 1.165) is 49.9 Å². The van der Waals surface area contributed by atoms with Crippen molar-refractivity contribution in [3.05, 3.63) is 53.1 Å². The van der Waals surface area contributed by atoms with Crippen LogP contribution in [0.15, 0.2) is 36.0 Å². The normalized spacial score (nSPS) is 40.4. The Bertz CT molecular complexity index is 1350. The molecule has 6 nitrogen and oxygen atoms in total. The smallest absolute Gasteiger partial charge is 0.193 e. The van der Waals surface area contributed by atoms with Gasteiger partial charge in [0, 0.05) is 5.41 Å². The Balaban J connectivity index is 1.23. The van der Waals surface area contributed by atoms with Crippen LogP contribution in [0.3, 0.4) is 0 Å². The van der Waals surface area contributed by atoms with Crippen LogP contribution in [-0.2, 0) is 20.7 Å². The number of aromatic nitrogens is 2. The number of nitrogens with zero attached hydrogens (tertiary/aromatic N) is 2. The maximum Gasteiger partial charge on any atom is 0.193 e. The molecule has 202 valence electrons. The van der Waals surface area contributed by atoms with E-state index in [-0.39, 0.29) is 28.5 Å². The molecule has 5 aliphatic rings. The second-order valence-corrected chi connectivity index (χ2v) is 13.2. The second kappa shape index (κ2) is 7.86. The van der Waals surface area contributed by atoms with Crippen LogP contribution in [0.5, 0.6) is 0 Å². The first-order chi connectivity index (χ1) is 18.0. The highest BCUT2D eigenvalue weighted by atomic mass is 19.1. The van der Waals surface area contributed by atoms with Gasteiger partial charge in [-0.15, -0.1) is 0 Å². The van der Waals surface area contributed by atoms with Gasteiger partial charge in [0.15, 0.2) is 17.2 Å². The van der Waals surface area contributed by atoms with Crippen LogP contribution in [0.2, 0.25) is 0 Å². The van der Waals surface area contributed by atoms with Crippen molar-refractivity contribution in [1.29, 1.82) is 0 Å². The van der Waals surface area contributed by atoms with Gasteiger partial charge in [0.1, 0.15) is 12.4 Å². The molecule has 38 heavy (non-hydrogen) atoms. The summed E-state index contributed by atoms with van der Waals surface area (Å²) >= 11 is 0. The molecule has 4 aliphatic carbocycles. The number of aliphatic hydroxyl groups is 1. The zero-order valence-electron chi connectivity index (χ0n) is 22.7. The topological polar surface area (TPSA) is 73.6 Å². The van der Waals surface area contributed by atoms with Gasteiger partial charge in [-0.1, -0.05) is 19.4 Å². The molecule has 1 aliphatic heterocycles. The minimum atomic E-state index is -1.08. The molecule has 0 bridgehead atoms. The zero-order chi connectivity index (χ0) is 26.7. The van der Waals surface area contributed by atoms with Crippen molar-refractivity contribution in [2.24, 2.45) is 28.6 Å². The summed E-state index contributed by atoms with van der Waals surface area (Å²) in [4.78, 5) is 13.4. The second-order valence-electron chi connectivity index (χ2n) is 13.2. The van der Waals surface area contributed by atoms with Crippen molar-refractivity contribution in [2.45, 2.75) is 83.7 Å². The molecule has 2 heterocycles. The number of hydrogen-bond acceptors (Lipinski definition) is 5. The molecule has 5 unspecified atom stereocenters. The van der Waals surface area contributed by atoms with Crippen LogP contribution < -0.4 is 0 Å². The lowest BCUT2D eigenvalue weighted by Gasteiger charge is -2.59. The fraction of sp³-hybridized carbons (Fsp3) is 0.613. The van der Waals surface area contributed by atoms with Crippen LogP contribution in [0.4, 0.5) is 4.39 Å². The lowest BCUT2D eigenvalue weighted by molar-refractivity contribution is -0.215. The minimum Gasteiger partial charge on any atom is -0.388 e. The molecule has 1 saturated heterocycles. The summed E-state index contributed by atoms with van der Waals surface area (Å²) < 4.78 is 28.3. The molecule has 7 rings (SSSR count). The predicted octanol–water partition coefficient (Wildman–Crippen LogP) is 5.26. The Morgan fingerprint density at radius 1 is 1.16 bits per heavy atom. The number of Topliss-reactive ketones (excluding diaryl/α,β-unsaturated/α-hetero) is 1. The fourth-order valence-electron chi connectivity index (χ4n) is 9.56. The van der Waals surface area contributed by atoms with Gasteiger partial charge in [0.25, 0.3) is 0 Å². The van der Waals surface area contributed by atoms with Crippen LogP contribution in [-0.4, -0.2) is 44.8 Å². The van der Waals surface area contributed by atoms with Crippen LogP contribution in [0.1, 0.15) is 71.1 Å². The van der Waals surface area contributed by atoms with Gasteiger partial charge in [-0.05, 0) is 111 Å². The van der Waals surface area contributed by atoms with E-state index in [9.17, 15) is 14.3 Å². The van der Waals surface area contributed by atoms with Crippen molar-refractivity contribution in [3.8, 4) is 5.69 Å². The number of carbonyl (C=O) groups is 1. The van der Waals surface area contributed by atoms with Crippen LogP contribution >= 0.6 is 0 Å². The number of rotatable bonds is 3. The first-order valence-electron chi connectivity index (χ1n) is 14.1. The molecular weight excluding hydrogens is 483 g/mol. The largest absolute Gasteiger partial charge is 0.388 e. The molecule has 1 N–H and O–H groups in total. The van der Waals surface area contributed by atoms with E-state index in [1.165, 1.54) is 23.3 Å². The summed E-state index contributed by atoms with van der Waals surface area (Å²) in [6, 6.07) is 6.51. The Morgan fingerprint density at radius 3 is 2.66 bits per heavy atom. The number of hydrogen-bond donors (Lipinski definition) is 1. The highest BCUT2D eigenvalue weighted by Crippen LogP contribution is 2.70. The quantitative estimate of drug-likeness (QED) is 0.598. The summed E-state index contributed by atoms with van der Waals surface area (Å²) in [7, 11) is 0. The van der Waals surface area contributed by atoms with Gasteiger partial charge in [-0.25, -0.2) is 9.07 Å². The first-order valence-corrected chi connectivity index (χ1v) is 14.1. The summed E-state index contributed by atoms with van der Waals surface area (Å²) in [6.45, 7) is 7.90. The number of benzene rings is 1. The third kappa shape index (κ3) is 3.04. The predicted molar refractivity (Wildman–Crippen MR) is 140 cm³/mol. The standard InChI is InChI=1S/C31H37FN2O4/c1-28(2)37-27-14-24-22-10-5-19-13-25-18(16-33-34(25)21-8-6-20(32)7-9-21)15-29(19,3)23(22)11-12-30(24,4)31(27,38-28)26(36)17-35/h6-9,13,16,22-24,27,35H,5,10-12,14-15,17H2,1-4H3/t22?,23?,24?,27-,29?,30?,31-/m1/s1. The minimum absolute atomic E-state index is 0.0285. The van der Waals surface area contributed by atoms with Gasteiger partial charge in [0.2, 0.25) is 0 Å². The molecule has 7 heteroatoms. The summed E-state index contributed by atoms with van der Waals surface area (Å²) in [5, 5.41) is 14.7. The molecular formula is C31H37FN2O4. The van der Waals surface area contributed by atoms with E-state index >= 15 is 0 Å². The number of halogens is 1. The fourth-order valence-corrected chi connectivity index (χ4v) is 9.56. The number of aliphatic hydroxyl groups excluding tert-OH is 1. The van der Waals surface area contributed by atoms with Gasteiger partial charge in [-0.2, -0.15) is 5.10 Å². The summed E-state index contributed by atoms with van der Waals surface area (Å²) in [5.41, 5.74) is 3.28. The Labute approximate surface area is 223 Å². The average molecular weight is 521 g/mol. The van der Waals surface area contributed by atoms with E-state index in [4.69, 9.17) is 14.6 Å². The first kappa shape index (κ1) is 24.7. The van der Waals surface area contributed by atoms with Gasteiger partial charge >= 0.3 is 0 Å². The van der Waals surface area contributed by atoms with Crippen molar-refractivity contribution in [2.75, 3.05) is 6.61 Å². The third-order valence-electron chi connectivity index (χ3n) is 11.1. The van der Waals surface area contributed by atoms with Gasteiger partial charge in [0.05, 0.1) is 23.7 Å². The van der Waals surface area contributed by atoms with Crippen molar-refractivity contribution in [3.63, 3.8) is 0 Å². The van der Waals surface area contributed by atoms with E-state index < -0.39 is 18.0 Å². The third-order valence-corrected chi connectivity index (χ3v) is 11.1. The van der Waals surface area contributed by atoms with Crippen molar-refractivity contribution < 1.29 is 23.8 Å². The average Bonchev–Trinajstić information content (AvgIpc) is 3.48. The monoisotopic (exact) mass is 520 g/mol. The summed E-state index contributed by atoms with van der Waals surface area (Å²) in [6.07, 6.45) is 9.72. The Kier molecular flexibility index (Phi) is 5.10. The zero-order valence-corrected chi connectivity index (χ0v) is 22.7. The molecule has 1 aromatic carbocycles. The number of fused-ring (bicyclic) bond motifs is 8. The van der Waals surface area contributed by atoms with Crippen molar-refractivity contribution in [1.82, 2.24) is 9.78 Å². The van der Waals surface area contributed by atoms with E-state index in [1.54, 1.807) is 12.1 Å². The highest BCUT2D eigenvalue weighted by Gasteiger charge is 2.75. The van der Waals surface area contributed by atoms with Crippen LogP contribution in [0.25, 0.3) is 11.8 Å². The lowest BCUT2D eigenvalue weighted by atomic mass is 9.46. The molecule has 2 aromatic rings. The Morgan fingerprint density at radius 2 is 1.92 bits per heavy atom. The molecule has 0 spiro atoms. The summed E-state index contributed by atoms with van der Waals surface area (Å²) in [5.74, 6) is -0.0422. The lowest BCUT2D eigenvalue weighted by Crippen LogP contribution is -2.61. The molecule has 7 atom stereocenters. The number of ketones is 1. The molecule has 0 amide bonds. The number of ether oxygens (including phenoxy) is 2. The molecule has 4 fully saturated rings. The highest BCUT2D eigenvalue weighted by molar-refractivity contribution is 5.91. The number of carbonyl (C=O) groups excluding carboxylic acids is 1. The maximum atomic E-state index is 13.5. The van der Waals surface area contributed by atoms with Gasteiger partial charge < -0.3 is 14.6 Å². The van der Waals surface area contributed by atoms with E-state index in [0.29, 0.717) is 17.8 Å². The maximum absolute atomic E-state index is 13.5. The van der Waals surface area contributed by atoms with Crippen molar-refractivity contribution >= 4 is 11.9 Å². The van der Waals surface area contributed by atoms with E-state index in [1.807, 2.05) is 24.7 Å². The van der Waals surface area contributed by atoms with Gasteiger partial charge in [-0.3, -0.25) is 4.79 Å². The Hall–Kier alpha value is -2.35. The molecule has 0 radical (unpaired) electrons. The van der Waals surface area contributed by atoms with E-state index in [2.05, 4.69) is 19.9 Å². The van der Waals surface area contributed by atoms with Crippen LogP contribution in [0, 0.1) is 34.4 Å². The molecule has 1 aromatic heterocycles. The number of allylic oxidation sites excluding steroid dienone is 1. The SMILES string of the molecule is CC1(C)O[C@@H]2CC3C4CCC5=Cc6c(cnn6-c6ccc(F)cc6)CC5(C)C4CCC3(C)[C@]2(C(=O)CO)O1. The molecule has 3 saturated carbocycles.